The standard InChI is InChI=1S/C14H18ClN3O/c1-10(9-17(2)3)18-13(8-15)16-12-7-5-4-6-11(12)14(18)19/h4-7,10H,8-9H2,1-3H3. The minimum absolute atomic E-state index is 0.0180. The maximum atomic E-state index is 12.6. The molecular weight excluding hydrogens is 262 g/mol. The lowest BCUT2D eigenvalue weighted by molar-refractivity contribution is 0.328. The molecule has 0 aliphatic heterocycles. The summed E-state index contributed by atoms with van der Waals surface area (Å²) in [5, 5.41) is 0.641. The van der Waals surface area contributed by atoms with E-state index < -0.39 is 0 Å². The SMILES string of the molecule is CC(CN(C)C)n1c(CCl)nc2ccccc2c1=O. The third-order valence-corrected chi connectivity index (χ3v) is 3.31. The predicted molar refractivity (Wildman–Crippen MR) is 78.8 cm³/mol. The molecule has 0 saturated carbocycles. The van der Waals surface area contributed by atoms with Crippen molar-refractivity contribution in [3.05, 3.63) is 40.4 Å². The van der Waals surface area contributed by atoms with Crippen LogP contribution in [0.15, 0.2) is 29.1 Å². The Labute approximate surface area is 117 Å². The van der Waals surface area contributed by atoms with Crippen molar-refractivity contribution in [3.8, 4) is 0 Å². The molecular formula is C14H18ClN3O. The van der Waals surface area contributed by atoms with Crippen LogP contribution in [-0.2, 0) is 5.88 Å². The van der Waals surface area contributed by atoms with Gasteiger partial charge in [0.25, 0.3) is 5.56 Å². The molecule has 5 heteroatoms. The third kappa shape index (κ3) is 2.80. The van der Waals surface area contributed by atoms with Gasteiger partial charge in [0, 0.05) is 12.6 Å². The highest BCUT2D eigenvalue weighted by atomic mass is 35.5. The van der Waals surface area contributed by atoms with Crippen molar-refractivity contribution in [2.75, 3.05) is 20.6 Å². The maximum absolute atomic E-state index is 12.6. The minimum Gasteiger partial charge on any atom is -0.307 e. The Morgan fingerprint density at radius 2 is 2.05 bits per heavy atom. The van der Waals surface area contributed by atoms with Gasteiger partial charge in [-0.3, -0.25) is 9.36 Å². The molecule has 2 rings (SSSR count). The van der Waals surface area contributed by atoms with Crippen molar-refractivity contribution in [2.24, 2.45) is 0 Å². The summed E-state index contributed by atoms with van der Waals surface area (Å²) in [6.07, 6.45) is 0. The van der Waals surface area contributed by atoms with Crippen LogP contribution in [0.2, 0.25) is 0 Å². The van der Waals surface area contributed by atoms with Crippen LogP contribution in [0.1, 0.15) is 18.8 Å². The van der Waals surface area contributed by atoms with Gasteiger partial charge in [0.15, 0.2) is 0 Å². The second-order valence-electron chi connectivity index (χ2n) is 4.97. The van der Waals surface area contributed by atoms with Gasteiger partial charge >= 0.3 is 0 Å². The van der Waals surface area contributed by atoms with Crippen LogP contribution in [-0.4, -0.2) is 35.1 Å². The number of nitrogens with zero attached hydrogens (tertiary/aromatic N) is 3. The van der Waals surface area contributed by atoms with Gasteiger partial charge in [0.05, 0.1) is 16.8 Å². The smallest absolute Gasteiger partial charge is 0.261 e. The molecule has 1 atom stereocenters. The zero-order valence-corrected chi connectivity index (χ0v) is 12.2. The van der Waals surface area contributed by atoms with E-state index >= 15 is 0 Å². The Hall–Kier alpha value is -1.39. The van der Waals surface area contributed by atoms with Crippen molar-refractivity contribution in [1.29, 1.82) is 0 Å². The van der Waals surface area contributed by atoms with Crippen LogP contribution in [0.5, 0.6) is 0 Å². The Balaban J connectivity index is 2.64. The molecule has 0 saturated heterocycles. The van der Waals surface area contributed by atoms with E-state index in [0.717, 1.165) is 6.54 Å². The summed E-state index contributed by atoms with van der Waals surface area (Å²) in [5.41, 5.74) is 0.687. The number of hydrogen-bond donors (Lipinski definition) is 0. The van der Waals surface area contributed by atoms with Crippen LogP contribution in [0, 0.1) is 0 Å². The van der Waals surface area contributed by atoms with E-state index in [1.165, 1.54) is 0 Å². The normalized spacial score (nSPS) is 13.1. The Bertz CT molecular complexity index is 636. The summed E-state index contributed by atoms with van der Waals surface area (Å²) in [5.74, 6) is 0.859. The fourth-order valence-corrected chi connectivity index (χ4v) is 2.54. The molecule has 0 N–H and O–H groups in total. The number of halogens is 1. The van der Waals surface area contributed by atoms with Crippen LogP contribution in [0.25, 0.3) is 10.9 Å². The van der Waals surface area contributed by atoms with Crippen molar-refractivity contribution >= 4 is 22.5 Å². The molecule has 0 spiro atoms. The lowest BCUT2D eigenvalue weighted by Gasteiger charge is -2.22. The van der Waals surface area contributed by atoms with Crippen LogP contribution in [0.4, 0.5) is 0 Å². The molecule has 19 heavy (non-hydrogen) atoms. The van der Waals surface area contributed by atoms with Gasteiger partial charge in [-0.1, -0.05) is 12.1 Å². The number of hydrogen-bond acceptors (Lipinski definition) is 3. The minimum atomic E-state index is -0.0180. The lowest BCUT2D eigenvalue weighted by atomic mass is 10.2. The van der Waals surface area contributed by atoms with Gasteiger partial charge in [-0.2, -0.15) is 0 Å². The largest absolute Gasteiger partial charge is 0.307 e. The van der Waals surface area contributed by atoms with Gasteiger partial charge in [-0.15, -0.1) is 11.6 Å². The topological polar surface area (TPSA) is 38.1 Å². The molecule has 0 aliphatic rings. The number of aromatic nitrogens is 2. The fourth-order valence-electron chi connectivity index (χ4n) is 2.35. The zero-order chi connectivity index (χ0) is 14.0. The Morgan fingerprint density at radius 1 is 1.37 bits per heavy atom. The molecule has 102 valence electrons. The van der Waals surface area contributed by atoms with Gasteiger partial charge in [-0.25, -0.2) is 4.98 Å². The second kappa shape index (κ2) is 5.72. The first-order valence-electron chi connectivity index (χ1n) is 6.25. The van der Waals surface area contributed by atoms with Gasteiger partial charge in [0.1, 0.15) is 5.82 Å². The van der Waals surface area contributed by atoms with E-state index in [2.05, 4.69) is 4.98 Å². The molecule has 2 aromatic rings. The lowest BCUT2D eigenvalue weighted by Crippen LogP contribution is -2.33. The molecule has 0 amide bonds. The summed E-state index contributed by atoms with van der Waals surface area (Å²) in [7, 11) is 3.97. The monoisotopic (exact) mass is 279 g/mol. The van der Waals surface area contributed by atoms with Crippen molar-refractivity contribution in [1.82, 2.24) is 14.5 Å². The second-order valence-corrected chi connectivity index (χ2v) is 5.23. The average molecular weight is 280 g/mol. The third-order valence-electron chi connectivity index (χ3n) is 3.07. The van der Waals surface area contributed by atoms with E-state index in [4.69, 9.17) is 11.6 Å². The molecule has 0 fully saturated rings. The first-order valence-corrected chi connectivity index (χ1v) is 6.79. The van der Waals surface area contributed by atoms with Crippen LogP contribution >= 0.6 is 11.6 Å². The van der Waals surface area contributed by atoms with E-state index in [0.29, 0.717) is 16.7 Å². The average Bonchev–Trinajstić information content (AvgIpc) is 2.37. The molecule has 1 aromatic heterocycles. The number of likely N-dealkylation sites (N-methyl/N-ethyl adjacent to an activating group) is 1. The predicted octanol–water partition coefficient (Wildman–Crippen LogP) is 2.26. The summed E-state index contributed by atoms with van der Waals surface area (Å²) in [4.78, 5) is 19.1. The van der Waals surface area contributed by atoms with E-state index in [1.54, 1.807) is 4.57 Å². The number of para-hydroxylation sites is 1. The molecule has 0 radical (unpaired) electrons. The van der Waals surface area contributed by atoms with E-state index in [-0.39, 0.29) is 17.5 Å². The first-order chi connectivity index (χ1) is 9.04. The first kappa shape index (κ1) is 14.0. The summed E-state index contributed by atoms with van der Waals surface area (Å²) in [6, 6.07) is 7.41. The van der Waals surface area contributed by atoms with Crippen molar-refractivity contribution < 1.29 is 0 Å². The molecule has 1 heterocycles. The van der Waals surface area contributed by atoms with Crippen LogP contribution < -0.4 is 5.56 Å². The molecule has 1 aromatic carbocycles. The number of benzene rings is 1. The Kier molecular flexibility index (Phi) is 4.22. The number of fused-ring (bicyclic) bond motifs is 1. The summed E-state index contributed by atoms with van der Waals surface area (Å²) >= 11 is 5.95. The molecule has 0 bridgehead atoms. The summed E-state index contributed by atoms with van der Waals surface area (Å²) < 4.78 is 1.70. The van der Waals surface area contributed by atoms with E-state index in [9.17, 15) is 4.79 Å². The van der Waals surface area contributed by atoms with Gasteiger partial charge in [-0.05, 0) is 33.2 Å². The highest BCUT2D eigenvalue weighted by Crippen LogP contribution is 2.14. The maximum Gasteiger partial charge on any atom is 0.261 e. The quantitative estimate of drug-likeness (QED) is 0.806. The van der Waals surface area contributed by atoms with Crippen LogP contribution in [0.3, 0.4) is 0 Å². The van der Waals surface area contributed by atoms with Crippen molar-refractivity contribution in [2.45, 2.75) is 18.8 Å². The van der Waals surface area contributed by atoms with Crippen molar-refractivity contribution in [3.63, 3.8) is 0 Å². The van der Waals surface area contributed by atoms with Gasteiger partial charge < -0.3 is 4.90 Å². The van der Waals surface area contributed by atoms with E-state index in [1.807, 2.05) is 50.2 Å². The zero-order valence-electron chi connectivity index (χ0n) is 11.4. The fraction of sp³-hybridized carbons (Fsp3) is 0.429. The summed E-state index contributed by atoms with van der Waals surface area (Å²) in [6.45, 7) is 2.78. The highest BCUT2D eigenvalue weighted by Gasteiger charge is 2.15. The number of alkyl halides is 1. The highest BCUT2D eigenvalue weighted by molar-refractivity contribution is 6.16. The van der Waals surface area contributed by atoms with Gasteiger partial charge in [0.2, 0.25) is 0 Å². The molecule has 0 aliphatic carbocycles. The molecule has 1 unspecified atom stereocenters. The Morgan fingerprint density at radius 3 is 2.68 bits per heavy atom. The molecule has 4 nitrogen and oxygen atoms in total. The number of rotatable bonds is 4.